The van der Waals surface area contributed by atoms with Gasteiger partial charge in [0.05, 0.1) is 11.0 Å². The molecule has 0 amide bonds. The first kappa shape index (κ1) is 10.5. The summed E-state index contributed by atoms with van der Waals surface area (Å²) in [5, 5.41) is 8.28. The molecule has 0 unspecified atom stereocenters. The van der Waals surface area contributed by atoms with E-state index in [1.54, 1.807) is 18.2 Å². The van der Waals surface area contributed by atoms with Crippen LogP contribution in [-0.2, 0) is 9.84 Å². The molecule has 0 radical (unpaired) electrons. The third-order valence-corrected chi connectivity index (χ3v) is 2.79. The summed E-state index contributed by atoms with van der Waals surface area (Å²) in [6.07, 6.45) is 4.12. The summed E-state index contributed by atoms with van der Waals surface area (Å²) in [6, 6.07) is 8.22. The molecule has 4 heteroatoms. The lowest BCUT2D eigenvalue weighted by atomic mass is 10.2. The predicted molar refractivity (Wildman–Crippen MR) is 54.2 cm³/mol. The lowest BCUT2D eigenvalue weighted by molar-refractivity contribution is 0.602. The van der Waals surface area contributed by atoms with Crippen molar-refractivity contribution in [3.63, 3.8) is 0 Å². The molecule has 0 aromatic heterocycles. The Labute approximate surface area is 83.2 Å². The molecular weight excluding hydrogens is 198 g/mol. The van der Waals surface area contributed by atoms with Gasteiger partial charge in [-0.1, -0.05) is 12.1 Å². The summed E-state index contributed by atoms with van der Waals surface area (Å²) in [5.41, 5.74) is 0.805. The van der Waals surface area contributed by atoms with Gasteiger partial charge in [-0.15, -0.1) is 0 Å². The number of rotatable bonds is 2. The Morgan fingerprint density at radius 1 is 1.29 bits per heavy atom. The van der Waals surface area contributed by atoms with Crippen LogP contribution in [0.4, 0.5) is 0 Å². The number of allylic oxidation sites excluding steroid dienone is 1. The Balaban J connectivity index is 3.03. The monoisotopic (exact) mass is 207 g/mol. The Kier molecular flexibility index (Phi) is 3.05. The lowest BCUT2D eigenvalue weighted by Crippen LogP contribution is -1.95. The number of hydrogen-bond donors (Lipinski definition) is 0. The van der Waals surface area contributed by atoms with E-state index < -0.39 is 9.84 Å². The molecule has 0 saturated heterocycles. The highest BCUT2D eigenvalue weighted by Crippen LogP contribution is 2.10. The lowest BCUT2D eigenvalue weighted by Gasteiger charge is -1.97. The number of benzene rings is 1. The molecule has 0 aliphatic rings. The van der Waals surface area contributed by atoms with Crippen LogP contribution >= 0.6 is 0 Å². The average Bonchev–Trinajstić information content (AvgIpc) is 2.14. The second kappa shape index (κ2) is 4.07. The van der Waals surface area contributed by atoms with Crippen molar-refractivity contribution in [3.8, 4) is 6.07 Å². The summed E-state index contributed by atoms with van der Waals surface area (Å²) < 4.78 is 22.2. The van der Waals surface area contributed by atoms with Gasteiger partial charge in [-0.2, -0.15) is 5.26 Å². The second-order valence-electron chi connectivity index (χ2n) is 2.80. The molecule has 72 valence electrons. The third kappa shape index (κ3) is 2.71. The van der Waals surface area contributed by atoms with Crippen LogP contribution in [0.5, 0.6) is 0 Å². The Morgan fingerprint density at radius 2 is 1.86 bits per heavy atom. The van der Waals surface area contributed by atoms with Crippen molar-refractivity contribution in [2.75, 3.05) is 6.26 Å². The fourth-order valence-electron chi connectivity index (χ4n) is 0.960. The van der Waals surface area contributed by atoms with E-state index in [0.29, 0.717) is 0 Å². The molecule has 0 spiro atoms. The first-order valence-corrected chi connectivity index (χ1v) is 5.79. The molecule has 1 aromatic rings. The highest BCUT2D eigenvalue weighted by molar-refractivity contribution is 7.90. The molecule has 0 aliphatic heterocycles. The summed E-state index contributed by atoms with van der Waals surface area (Å²) in [5.74, 6) is 0. The van der Waals surface area contributed by atoms with Gasteiger partial charge in [0.15, 0.2) is 9.84 Å². The number of nitrogens with zero attached hydrogens (tertiary/aromatic N) is 1. The van der Waals surface area contributed by atoms with E-state index >= 15 is 0 Å². The number of sulfone groups is 1. The maximum atomic E-state index is 11.1. The van der Waals surface area contributed by atoms with Crippen LogP contribution in [0.1, 0.15) is 5.56 Å². The van der Waals surface area contributed by atoms with Crippen LogP contribution in [0.2, 0.25) is 0 Å². The van der Waals surface area contributed by atoms with E-state index in [1.807, 2.05) is 6.07 Å². The van der Waals surface area contributed by atoms with Gasteiger partial charge in [0.2, 0.25) is 0 Å². The Hall–Kier alpha value is -1.60. The van der Waals surface area contributed by atoms with Crippen LogP contribution in [0, 0.1) is 11.3 Å². The molecule has 0 N–H and O–H groups in total. The maximum absolute atomic E-state index is 11.1. The second-order valence-corrected chi connectivity index (χ2v) is 4.82. The minimum atomic E-state index is -3.13. The molecule has 0 atom stereocenters. The van der Waals surface area contributed by atoms with Gasteiger partial charge < -0.3 is 0 Å². The summed E-state index contributed by atoms with van der Waals surface area (Å²) in [4.78, 5) is 0.284. The van der Waals surface area contributed by atoms with Gasteiger partial charge in [0, 0.05) is 12.3 Å². The van der Waals surface area contributed by atoms with Crippen molar-refractivity contribution in [2.45, 2.75) is 4.90 Å². The number of nitriles is 1. The maximum Gasteiger partial charge on any atom is 0.175 e. The number of hydrogen-bond acceptors (Lipinski definition) is 3. The highest BCUT2D eigenvalue weighted by Gasteiger charge is 2.04. The van der Waals surface area contributed by atoms with Crippen LogP contribution in [-0.4, -0.2) is 14.7 Å². The average molecular weight is 207 g/mol. The predicted octanol–water partition coefficient (Wildman–Crippen LogP) is 1.63. The minimum absolute atomic E-state index is 0.284. The van der Waals surface area contributed by atoms with Crippen molar-refractivity contribution < 1.29 is 8.42 Å². The van der Waals surface area contributed by atoms with Crippen molar-refractivity contribution >= 4 is 15.9 Å². The van der Waals surface area contributed by atoms with Gasteiger partial charge in [0.25, 0.3) is 0 Å². The summed E-state index contributed by atoms with van der Waals surface area (Å²) >= 11 is 0. The SMILES string of the molecule is CS(=O)(=O)c1ccc(C=CC#N)cc1. The summed E-state index contributed by atoms with van der Waals surface area (Å²) in [7, 11) is -3.13. The molecule has 1 rings (SSSR count). The highest BCUT2D eigenvalue weighted by atomic mass is 32.2. The Morgan fingerprint density at radius 3 is 2.29 bits per heavy atom. The molecular formula is C10H9NO2S. The van der Waals surface area contributed by atoms with Gasteiger partial charge in [-0.05, 0) is 23.8 Å². The third-order valence-electron chi connectivity index (χ3n) is 1.66. The smallest absolute Gasteiger partial charge is 0.175 e. The molecule has 14 heavy (non-hydrogen) atoms. The largest absolute Gasteiger partial charge is 0.224 e. The van der Waals surface area contributed by atoms with E-state index in [-0.39, 0.29) is 4.90 Å². The standard InChI is InChI=1S/C10H9NO2S/c1-14(12,13)10-6-4-9(5-7-10)3-2-8-11/h2-7H,1H3. The molecule has 0 aliphatic carbocycles. The molecule has 1 aromatic carbocycles. The molecule has 0 bridgehead atoms. The van der Waals surface area contributed by atoms with E-state index in [1.165, 1.54) is 18.2 Å². The molecule has 0 fully saturated rings. The van der Waals surface area contributed by atoms with Crippen molar-refractivity contribution in [2.24, 2.45) is 0 Å². The first-order valence-electron chi connectivity index (χ1n) is 3.90. The van der Waals surface area contributed by atoms with E-state index in [0.717, 1.165) is 11.8 Å². The van der Waals surface area contributed by atoms with Gasteiger partial charge in [-0.25, -0.2) is 8.42 Å². The normalized spacial score (nSPS) is 11.4. The van der Waals surface area contributed by atoms with E-state index in [4.69, 9.17) is 5.26 Å². The molecule has 0 heterocycles. The van der Waals surface area contributed by atoms with Crippen molar-refractivity contribution in [3.05, 3.63) is 35.9 Å². The van der Waals surface area contributed by atoms with Crippen molar-refractivity contribution in [1.82, 2.24) is 0 Å². The minimum Gasteiger partial charge on any atom is -0.224 e. The van der Waals surface area contributed by atoms with Gasteiger partial charge in [0.1, 0.15) is 0 Å². The first-order chi connectivity index (χ1) is 6.54. The fraction of sp³-hybridized carbons (Fsp3) is 0.100. The topological polar surface area (TPSA) is 57.9 Å². The van der Waals surface area contributed by atoms with Gasteiger partial charge >= 0.3 is 0 Å². The fourth-order valence-corrected chi connectivity index (χ4v) is 1.59. The van der Waals surface area contributed by atoms with Crippen LogP contribution in [0.15, 0.2) is 35.2 Å². The van der Waals surface area contributed by atoms with E-state index in [2.05, 4.69) is 0 Å². The zero-order valence-electron chi connectivity index (χ0n) is 7.64. The van der Waals surface area contributed by atoms with Crippen molar-refractivity contribution in [1.29, 1.82) is 5.26 Å². The quantitative estimate of drug-likeness (QED) is 0.692. The zero-order valence-corrected chi connectivity index (χ0v) is 8.45. The van der Waals surface area contributed by atoms with E-state index in [9.17, 15) is 8.42 Å². The van der Waals surface area contributed by atoms with Crippen LogP contribution in [0.25, 0.3) is 6.08 Å². The summed E-state index contributed by atoms with van der Waals surface area (Å²) in [6.45, 7) is 0. The van der Waals surface area contributed by atoms with Crippen LogP contribution < -0.4 is 0 Å². The zero-order chi connectivity index (χ0) is 10.6. The van der Waals surface area contributed by atoms with Gasteiger partial charge in [-0.3, -0.25) is 0 Å². The Bertz CT molecular complexity index is 478. The molecule has 0 saturated carbocycles. The molecule has 3 nitrogen and oxygen atoms in total. The van der Waals surface area contributed by atoms with Crippen LogP contribution in [0.3, 0.4) is 0 Å².